The topological polar surface area (TPSA) is 92.9 Å². The number of hydrogen-bond donors (Lipinski definition) is 2. The predicted molar refractivity (Wildman–Crippen MR) is 133 cm³/mol. The van der Waals surface area contributed by atoms with Gasteiger partial charge in [-0.3, -0.25) is 4.79 Å². The molecule has 0 saturated heterocycles. The van der Waals surface area contributed by atoms with Gasteiger partial charge in [-0.05, 0) is 60.2 Å². The summed E-state index contributed by atoms with van der Waals surface area (Å²) in [5.74, 6) is 1.95. The molecule has 0 spiro atoms. The molecule has 0 aliphatic carbocycles. The highest BCUT2D eigenvalue weighted by molar-refractivity contribution is 6.30. The number of anilines is 1. The highest BCUT2D eigenvalue weighted by atomic mass is 35.5. The van der Waals surface area contributed by atoms with Gasteiger partial charge in [0.1, 0.15) is 5.75 Å². The van der Waals surface area contributed by atoms with Crippen LogP contribution in [-0.4, -0.2) is 29.8 Å². The number of carbonyl (C=O) groups is 1. The van der Waals surface area contributed by atoms with E-state index in [0.29, 0.717) is 39.0 Å². The van der Waals surface area contributed by atoms with Gasteiger partial charge in [0.05, 0.1) is 13.7 Å². The molecule has 2 N–H and O–H groups in total. The van der Waals surface area contributed by atoms with Crippen molar-refractivity contribution in [3.63, 3.8) is 0 Å². The van der Waals surface area contributed by atoms with Crippen molar-refractivity contribution in [1.82, 2.24) is 9.88 Å². The zero-order valence-corrected chi connectivity index (χ0v) is 19.6. The van der Waals surface area contributed by atoms with Gasteiger partial charge in [0, 0.05) is 33.7 Å². The second kappa shape index (κ2) is 9.60. The summed E-state index contributed by atoms with van der Waals surface area (Å²) in [6, 6.07) is 19.2. The van der Waals surface area contributed by atoms with Crippen LogP contribution < -0.4 is 25.1 Å². The fourth-order valence-electron chi connectivity index (χ4n) is 3.91. The monoisotopic (exact) mass is 491 g/mol. The van der Waals surface area contributed by atoms with Crippen molar-refractivity contribution in [3.8, 4) is 17.2 Å². The largest absolute Gasteiger partial charge is 0.497 e. The maximum absolute atomic E-state index is 13.3. The third-order valence-electron chi connectivity index (χ3n) is 5.66. The third kappa shape index (κ3) is 5.02. The number of pyridine rings is 1. The van der Waals surface area contributed by atoms with Crippen molar-refractivity contribution in [1.29, 1.82) is 0 Å². The van der Waals surface area contributed by atoms with Gasteiger partial charge in [-0.25, -0.2) is 4.79 Å². The number of rotatable bonds is 6. The number of ether oxygens (including phenoxy) is 3. The average molecular weight is 492 g/mol. The van der Waals surface area contributed by atoms with E-state index in [2.05, 4.69) is 10.3 Å². The second-order valence-corrected chi connectivity index (χ2v) is 8.50. The van der Waals surface area contributed by atoms with E-state index in [-0.39, 0.29) is 31.5 Å². The van der Waals surface area contributed by atoms with Crippen LogP contribution in [0.15, 0.2) is 71.5 Å². The summed E-state index contributed by atoms with van der Waals surface area (Å²) in [5, 5.41) is 4.17. The Morgan fingerprint density at radius 1 is 1.06 bits per heavy atom. The molecule has 9 heteroatoms. The Kier molecular flexibility index (Phi) is 6.20. The molecule has 5 rings (SSSR count). The molecule has 35 heavy (non-hydrogen) atoms. The number of H-pyrrole nitrogens is 1. The number of urea groups is 1. The van der Waals surface area contributed by atoms with E-state index < -0.39 is 0 Å². The number of hydrogen-bond acceptors (Lipinski definition) is 5. The number of carbonyl (C=O) groups excluding carboxylic acids is 1. The molecule has 0 atom stereocenters. The number of amides is 2. The number of fused-ring (bicyclic) bond motifs is 2. The molecule has 0 fully saturated rings. The van der Waals surface area contributed by atoms with Gasteiger partial charge in [-0.1, -0.05) is 23.7 Å². The summed E-state index contributed by atoms with van der Waals surface area (Å²) >= 11 is 6.08. The van der Waals surface area contributed by atoms with Crippen LogP contribution in [0.5, 0.6) is 17.2 Å². The van der Waals surface area contributed by atoms with Crippen LogP contribution in [0.1, 0.15) is 11.1 Å². The molecule has 8 nitrogen and oxygen atoms in total. The molecule has 1 aliphatic heterocycles. The fraction of sp³-hybridized carbons (Fsp3) is 0.154. The van der Waals surface area contributed by atoms with Crippen molar-refractivity contribution in [2.24, 2.45) is 0 Å². The SMILES string of the molecule is COc1ccc2[nH]c(=O)c(CN(Cc3ccc4c(c3)OCO4)C(=O)Nc3cccc(Cl)c3)cc2c1. The lowest BCUT2D eigenvalue weighted by molar-refractivity contribution is 0.174. The van der Waals surface area contributed by atoms with Crippen molar-refractivity contribution in [3.05, 3.63) is 93.2 Å². The van der Waals surface area contributed by atoms with Crippen LogP contribution >= 0.6 is 11.6 Å². The summed E-state index contributed by atoms with van der Waals surface area (Å²) in [6.45, 7) is 0.468. The lowest BCUT2D eigenvalue weighted by atomic mass is 10.1. The van der Waals surface area contributed by atoms with E-state index in [1.807, 2.05) is 18.2 Å². The number of methoxy groups -OCH3 is 1. The van der Waals surface area contributed by atoms with Gasteiger partial charge in [0.15, 0.2) is 11.5 Å². The normalized spacial score (nSPS) is 11.9. The Balaban J connectivity index is 1.47. The number of aromatic nitrogens is 1. The van der Waals surface area contributed by atoms with Gasteiger partial charge in [-0.15, -0.1) is 0 Å². The first-order valence-electron chi connectivity index (χ1n) is 10.9. The van der Waals surface area contributed by atoms with Gasteiger partial charge < -0.3 is 29.4 Å². The van der Waals surface area contributed by atoms with Crippen molar-refractivity contribution in [2.75, 3.05) is 19.2 Å². The van der Waals surface area contributed by atoms with E-state index in [1.54, 1.807) is 60.5 Å². The smallest absolute Gasteiger partial charge is 0.322 e. The number of nitrogens with one attached hydrogen (secondary N) is 2. The molecule has 1 aliphatic rings. The molecule has 2 heterocycles. The Bertz CT molecular complexity index is 1470. The molecule has 2 amide bonds. The van der Waals surface area contributed by atoms with E-state index in [1.165, 1.54) is 0 Å². The number of benzene rings is 3. The highest BCUT2D eigenvalue weighted by Gasteiger charge is 2.20. The highest BCUT2D eigenvalue weighted by Crippen LogP contribution is 2.33. The van der Waals surface area contributed by atoms with E-state index in [0.717, 1.165) is 10.9 Å². The van der Waals surface area contributed by atoms with Crippen LogP contribution in [0, 0.1) is 0 Å². The molecule has 1 aromatic heterocycles. The molecule has 0 bridgehead atoms. The first-order valence-corrected chi connectivity index (χ1v) is 11.3. The van der Waals surface area contributed by atoms with E-state index >= 15 is 0 Å². The van der Waals surface area contributed by atoms with Crippen molar-refractivity contribution >= 4 is 34.2 Å². The average Bonchev–Trinajstić information content (AvgIpc) is 3.31. The Labute approximate surface area is 206 Å². The summed E-state index contributed by atoms with van der Waals surface area (Å²) in [7, 11) is 1.58. The predicted octanol–water partition coefficient (Wildman–Crippen LogP) is 5.15. The van der Waals surface area contributed by atoms with Gasteiger partial charge >= 0.3 is 6.03 Å². The third-order valence-corrected chi connectivity index (χ3v) is 5.90. The van der Waals surface area contributed by atoms with Crippen LogP contribution in [0.3, 0.4) is 0 Å². The fourth-order valence-corrected chi connectivity index (χ4v) is 4.10. The maximum Gasteiger partial charge on any atom is 0.322 e. The molecule has 0 saturated carbocycles. The lowest BCUT2D eigenvalue weighted by Gasteiger charge is -2.23. The molecule has 3 aromatic carbocycles. The first kappa shape index (κ1) is 22.6. The summed E-state index contributed by atoms with van der Waals surface area (Å²) in [5.41, 5.74) is 2.23. The minimum atomic E-state index is -0.380. The van der Waals surface area contributed by atoms with Gasteiger partial charge in [0.25, 0.3) is 5.56 Å². The van der Waals surface area contributed by atoms with Crippen LogP contribution in [0.2, 0.25) is 5.02 Å². The quantitative estimate of drug-likeness (QED) is 0.389. The van der Waals surface area contributed by atoms with E-state index in [9.17, 15) is 9.59 Å². The van der Waals surface area contributed by atoms with Crippen molar-refractivity contribution in [2.45, 2.75) is 13.1 Å². The minimum absolute atomic E-state index is 0.0727. The van der Waals surface area contributed by atoms with E-state index in [4.69, 9.17) is 25.8 Å². The molecule has 0 unspecified atom stereocenters. The number of nitrogens with zero attached hydrogens (tertiary/aromatic N) is 1. The minimum Gasteiger partial charge on any atom is -0.497 e. The molecule has 178 valence electrons. The van der Waals surface area contributed by atoms with Crippen LogP contribution in [0.25, 0.3) is 10.9 Å². The molecular formula is C26H22ClN3O5. The first-order chi connectivity index (χ1) is 17.0. The number of halogens is 1. The number of aromatic amines is 1. The zero-order chi connectivity index (χ0) is 24.4. The summed E-state index contributed by atoms with van der Waals surface area (Å²) in [4.78, 5) is 30.6. The second-order valence-electron chi connectivity index (χ2n) is 8.06. The van der Waals surface area contributed by atoms with Crippen LogP contribution in [-0.2, 0) is 13.1 Å². The Hall–Kier alpha value is -4.17. The standard InChI is InChI=1S/C26H22ClN3O5/c1-33-21-6-7-22-17(11-21)10-18(25(31)29-22)14-30(26(32)28-20-4-2-3-19(27)12-20)13-16-5-8-23-24(9-16)35-15-34-23/h2-12H,13-15H2,1H3,(H,28,32)(H,29,31). The maximum atomic E-state index is 13.3. The molecule has 4 aromatic rings. The summed E-state index contributed by atoms with van der Waals surface area (Å²) in [6.07, 6.45) is 0. The van der Waals surface area contributed by atoms with Gasteiger partial charge in [-0.2, -0.15) is 0 Å². The Morgan fingerprint density at radius 3 is 2.74 bits per heavy atom. The molecule has 0 radical (unpaired) electrons. The van der Waals surface area contributed by atoms with Crippen molar-refractivity contribution < 1.29 is 19.0 Å². The van der Waals surface area contributed by atoms with Crippen LogP contribution in [0.4, 0.5) is 10.5 Å². The lowest BCUT2D eigenvalue weighted by Crippen LogP contribution is -2.35. The molecular weight excluding hydrogens is 470 g/mol. The Morgan fingerprint density at radius 2 is 1.91 bits per heavy atom. The van der Waals surface area contributed by atoms with Gasteiger partial charge in [0.2, 0.25) is 6.79 Å². The zero-order valence-electron chi connectivity index (χ0n) is 18.8. The summed E-state index contributed by atoms with van der Waals surface area (Å²) < 4.78 is 16.2.